The van der Waals surface area contributed by atoms with Crippen molar-refractivity contribution in [3.63, 3.8) is 0 Å². The minimum absolute atomic E-state index is 0.901. The van der Waals surface area contributed by atoms with Crippen LogP contribution >= 0.6 is 0 Å². The zero-order valence-corrected chi connectivity index (χ0v) is 9.05. The summed E-state index contributed by atoms with van der Waals surface area (Å²) in [6, 6.07) is 0.901. The summed E-state index contributed by atoms with van der Waals surface area (Å²) in [5.74, 6) is 3.01. The molecule has 0 aliphatic heterocycles. The van der Waals surface area contributed by atoms with Crippen molar-refractivity contribution in [2.45, 2.75) is 52.0 Å². The maximum atomic E-state index is 3.67. The van der Waals surface area contributed by atoms with E-state index in [4.69, 9.17) is 0 Å². The molecule has 13 heavy (non-hydrogen) atoms. The van der Waals surface area contributed by atoms with Crippen molar-refractivity contribution >= 4 is 0 Å². The predicted octanol–water partition coefficient (Wildman–Crippen LogP) is 2.81. The second-order valence-electron chi connectivity index (χ2n) is 5.07. The Hall–Kier alpha value is -0.0400. The normalized spacial score (nSPS) is 35.5. The molecule has 0 aromatic heterocycles. The van der Waals surface area contributed by atoms with Gasteiger partial charge < -0.3 is 5.32 Å². The van der Waals surface area contributed by atoms with E-state index < -0.39 is 0 Å². The predicted molar refractivity (Wildman–Crippen MR) is 56.7 cm³/mol. The molecule has 2 aliphatic rings. The van der Waals surface area contributed by atoms with Gasteiger partial charge in [0.25, 0.3) is 0 Å². The van der Waals surface area contributed by atoms with Crippen LogP contribution in [0.3, 0.4) is 0 Å². The van der Waals surface area contributed by atoms with E-state index in [2.05, 4.69) is 19.2 Å². The van der Waals surface area contributed by atoms with E-state index in [1.807, 2.05) is 0 Å². The largest absolute Gasteiger partial charge is 0.314 e. The Morgan fingerprint density at radius 3 is 2.46 bits per heavy atom. The first-order valence-corrected chi connectivity index (χ1v) is 6.04. The van der Waals surface area contributed by atoms with Crippen molar-refractivity contribution in [1.29, 1.82) is 0 Å². The lowest BCUT2D eigenvalue weighted by Gasteiger charge is -2.40. The highest BCUT2D eigenvalue weighted by Gasteiger charge is 2.34. The SMILES string of the molecule is CCC(C)C1CCC1CNC1CC1. The van der Waals surface area contributed by atoms with Crippen LogP contribution in [0.4, 0.5) is 0 Å². The van der Waals surface area contributed by atoms with Gasteiger partial charge in [0.2, 0.25) is 0 Å². The van der Waals surface area contributed by atoms with Gasteiger partial charge in [0.15, 0.2) is 0 Å². The highest BCUT2D eigenvalue weighted by atomic mass is 14.9. The van der Waals surface area contributed by atoms with Gasteiger partial charge in [0.1, 0.15) is 0 Å². The van der Waals surface area contributed by atoms with Crippen molar-refractivity contribution in [3.05, 3.63) is 0 Å². The summed E-state index contributed by atoms with van der Waals surface area (Å²) in [5.41, 5.74) is 0. The fourth-order valence-corrected chi connectivity index (χ4v) is 2.51. The smallest absolute Gasteiger partial charge is 0.00683 e. The fraction of sp³-hybridized carbons (Fsp3) is 1.00. The van der Waals surface area contributed by atoms with Crippen molar-refractivity contribution < 1.29 is 0 Å². The second-order valence-corrected chi connectivity index (χ2v) is 5.07. The summed E-state index contributed by atoms with van der Waals surface area (Å²) >= 11 is 0. The van der Waals surface area contributed by atoms with Crippen LogP contribution in [0.2, 0.25) is 0 Å². The third-order valence-electron chi connectivity index (χ3n) is 4.10. The van der Waals surface area contributed by atoms with Crippen LogP contribution in [0.15, 0.2) is 0 Å². The van der Waals surface area contributed by atoms with E-state index in [-0.39, 0.29) is 0 Å². The third kappa shape index (κ3) is 2.25. The first kappa shape index (κ1) is 9.51. The Kier molecular flexibility index (Phi) is 2.92. The lowest BCUT2D eigenvalue weighted by molar-refractivity contribution is 0.108. The Balaban J connectivity index is 1.67. The van der Waals surface area contributed by atoms with Gasteiger partial charge in [-0.1, -0.05) is 20.3 Å². The molecule has 0 saturated heterocycles. The highest BCUT2D eigenvalue weighted by molar-refractivity contribution is 4.88. The van der Waals surface area contributed by atoms with Gasteiger partial charge >= 0.3 is 0 Å². The van der Waals surface area contributed by atoms with Gasteiger partial charge in [-0.2, -0.15) is 0 Å². The molecule has 3 unspecified atom stereocenters. The maximum Gasteiger partial charge on any atom is 0.00683 e. The second kappa shape index (κ2) is 4.00. The summed E-state index contributed by atoms with van der Waals surface area (Å²) in [6.45, 7) is 6.06. The summed E-state index contributed by atoms with van der Waals surface area (Å²) in [4.78, 5) is 0. The molecule has 3 atom stereocenters. The Morgan fingerprint density at radius 2 is 2.00 bits per heavy atom. The summed E-state index contributed by atoms with van der Waals surface area (Å²) in [5, 5.41) is 3.67. The highest BCUT2D eigenvalue weighted by Crippen LogP contribution is 2.40. The molecule has 2 fully saturated rings. The Morgan fingerprint density at radius 1 is 1.23 bits per heavy atom. The van der Waals surface area contributed by atoms with Crippen molar-refractivity contribution in [3.8, 4) is 0 Å². The monoisotopic (exact) mass is 181 g/mol. The Labute approximate surface area is 82.3 Å². The Bertz CT molecular complexity index is 163. The molecule has 2 saturated carbocycles. The average molecular weight is 181 g/mol. The number of hydrogen-bond acceptors (Lipinski definition) is 1. The van der Waals surface area contributed by atoms with Crippen LogP contribution in [0, 0.1) is 17.8 Å². The van der Waals surface area contributed by atoms with E-state index >= 15 is 0 Å². The van der Waals surface area contributed by atoms with Crippen molar-refractivity contribution in [1.82, 2.24) is 5.32 Å². The molecule has 1 nitrogen and oxygen atoms in total. The molecule has 0 radical (unpaired) electrons. The molecule has 0 amide bonds. The lowest BCUT2D eigenvalue weighted by Crippen LogP contribution is -2.39. The minimum Gasteiger partial charge on any atom is -0.314 e. The minimum atomic E-state index is 0.901. The molecule has 0 aromatic carbocycles. The standard InChI is InChI=1S/C12H23N/c1-3-9(2)12-7-4-10(12)8-13-11-5-6-11/h9-13H,3-8H2,1-2H3. The fourth-order valence-electron chi connectivity index (χ4n) is 2.51. The van der Waals surface area contributed by atoms with Crippen LogP contribution < -0.4 is 5.32 Å². The van der Waals surface area contributed by atoms with E-state index in [1.165, 1.54) is 38.6 Å². The van der Waals surface area contributed by atoms with Crippen molar-refractivity contribution in [2.75, 3.05) is 6.54 Å². The summed E-state index contributed by atoms with van der Waals surface area (Å²) in [7, 11) is 0. The molecule has 0 bridgehead atoms. The van der Waals surface area contributed by atoms with Crippen LogP contribution in [0.1, 0.15) is 46.0 Å². The van der Waals surface area contributed by atoms with Crippen LogP contribution in [0.5, 0.6) is 0 Å². The first-order valence-electron chi connectivity index (χ1n) is 6.04. The van der Waals surface area contributed by atoms with E-state index in [1.54, 1.807) is 0 Å². The van der Waals surface area contributed by atoms with Gasteiger partial charge in [-0.25, -0.2) is 0 Å². The molecule has 2 rings (SSSR count). The maximum absolute atomic E-state index is 3.67. The van der Waals surface area contributed by atoms with Crippen LogP contribution in [-0.2, 0) is 0 Å². The molecule has 1 heteroatoms. The zero-order valence-electron chi connectivity index (χ0n) is 9.05. The summed E-state index contributed by atoms with van der Waals surface area (Å²) < 4.78 is 0. The van der Waals surface area contributed by atoms with Crippen molar-refractivity contribution in [2.24, 2.45) is 17.8 Å². The van der Waals surface area contributed by atoms with Crippen LogP contribution in [-0.4, -0.2) is 12.6 Å². The van der Waals surface area contributed by atoms with Gasteiger partial charge in [0, 0.05) is 6.04 Å². The molecule has 0 heterocycles. The van der Waals surface area contributed by atoms with E-state index in [9.17, 15) is 0 Å². The molecule has 0 aromatic rings. The van der Waals surface area contributed by atoms with Gasteiger partial charge in [-0.15, -0.1) is 0 Å². The van der Waals surface area contributed by atoms with Gasteiger partial charge in [0.05, 0.1) is 0 Å². The third-order valence-corrected chi connectivity index (χ3v) is 4.10. The molecule has 0 spiro atoms. The average Bonchev–Trinajstić information content (AvgIpc) is 2.86. The topological polar surface area (TPSA) is 12.0 Å². The number of nitrogens with one attached hydrogen (secondary N) is 1. The summed E-state index contributed by atoms with van der Waals surface area (Å²) in [6.07, 6.45) is 7.20. The first-order chi connectivity index (χ1) is 6.31. The molecule has 76 valence electrons. The quantitative estimate of drug-likeness (QED) is 0.687. The van der Waals surface area contributed by atoms with E-state index in [0.29, 0.717) is 0 Å². The molecule has 2 aliphatic carbocycles. The number of hydrogen-bond donors (Lipinski definition) is 1. The molecular formula is C12H23N. The van der Waals surface area contributed by atoms with Crippen LogP contribution in [0.25, 0.3) is 0 Å². The molecular weight excluding hydrogens is 158 g/mol. The lowest BCUT2D eigenvalue weighted by atomic mass is 9.67. The van der Waals surface area contributed by atoms with Gasteiger partial charge in [-0.3, -0.25) is 0 Å². The number of rotatable bonds is 5. The van der Waals surface area contributed by atoms with Gasteiger partial charge in [-0.05, 0) is 50.0 Å². The molecule has 1 N–H and O–H groups in total. The van der Waals surface area contributed by atoms with E-state index in [0.717, 1.165) is 23.8 Å². The zero-order chi connectivity index (χ0) is 9.26.